The quantitative estimate of drug-likeness (QED) is 0.627. The highest BCUT2D eigenvalue weighted by Crippen LogP contribution is 2.37. The van der Waals surface area contributed by atoms with Crippen LogP contribution in [0.5, 0.6) is 17.2 Å². The number of benzene rings is 2. The molecule has 0 amide bonds. The first-order chi connectivity index (χ1) is 12.9. The Labute approximate surface area is 155 Å². The maximum Gasteiger partial charge on any atom is 0.270 e. The van der Waals surface area contributed by atoms with Crippen LogP contribution in [-0.2, 0) is 21.4 Å². The Hall–Kier alpha value is -2.98. The molecule has 0 aliphatic heterocycles. The molecular weight excluding hydrogens is 376 g/mol. The first kappa shape index (κ1) is 18.8. The predicted octanol–water partition coefficient (Wildman–Crippen LogP) is 2.50. The van der Waals surface area contributed by atoms with Crippen molar-refractivity contribution in [3.63, 3.8) is 0 Å². The molecule has 1 aromatic heterocycles. The Morgan fingerprint density at radius 2 is 1.89 bits per heavy atom. The number of rotatable bonds is 7. The molecule has 0 radical (unpaired) electrons. The minimum absolute atomic E-state index is 0.00959. The zero-order chi connectivity index (χ0) is 19.6. The van der Waals surface area contributed by atoms with Gasteiger partial charge in [0.25, 0.3) is 10.0 Å². The van der Waals surface area contributed by atoms with E-state index in [4.69, 9.17) is 18.7 Å². The lowest BCUT2D eigenvalue weighted by Crippen LogP contribution is -2.15. The van der Waals surface area contributed by atoms with Crippen molar-refractivity contribution in [3.8, 4) is 17.2 Å². The molecule has 0 unspecified atom stereocenters. The van der Waals surface area contributed by atoms with Crippen LogP contribution in [0.1, 0.15) is 5.56 Å². The molecule has 0 aliphatic rings. The first-order valence-corrected chi connectivity index (χ1v) is 9.23. The number of ether oxygens (including phenoxy) is 3. The van der Waals surface area contributed by atoms with Crippen LogP contribution in [0.15, 0.2) is 39.8 Å². The molecule has 2 aromatic carbocycles. The van der Waals surface area contributed by atoms with Crippen LogP contribution in [0.25, 0.3) is 11.0 Å². The number of aromatic hydroxyl groups is 1. The van der Waals surface area contributed by atoms with Crippen LogP contribution in [0, 0.1) is 0 Å². The lowest BCUT2D eigenvalue weighted by Gasteiger charge is -2.12. The molecule has 0 saturated heterocycles. The zero-order valence-electron chi connectivity index (χ0n) is 14.8. The maximum atomic E-state index is 12.8. The number of anilines is 1. The molecule has 3 aromatic rings. The molecule has 2 N–H and O–H groups in total. The van der Waals surface area contributed by atoms with E-state index in [0.29, 0.717) is 23.3 Å². The second-order valence-corrected chi connectivity index (χ2v) is 7.17. The van der Waals surface area contributed by atoms with Crippen molar-refractivity contribution in [2.45, 2.75) is 11.5 Å². The topological polar surface area (TPSA) is 120 Å². The van der Waals surface area contributed by atoms with Crippen LogP contribution < -0.4 is 14.2 Å². The van der Waals surface area contributed by atoms with E-state index in [9.17, 15) is 13.5 Å². The van der Waals surface area contributed by atoms with Crippen LogP contribution >= 0.6 is 0 Å². The Balaban J connectivity index is 2.09. The van der Waals surface area contributed by atoms with Crippen LogP contribution in [0.4, 0.5) is 5.82 Å². The second kappa shape index (κ2) is 7.33. The largest absolute Gasteiger partial charge is 0.506 e. The normalized spacial score (nSPS) is 11.5. The first-order valence-electron chi connectivity index (χ1n) is 7.75. The van der Waals surface area contributed by atoms with E-state index in [0.717, 1.165) is 5.56 Å². The molecule has 0 spiro atoms. The number of nitrogens with one attached hydrogen (secondary N) is 1. The summed E-state index contributed by atoms with van der Waals surface area (Å²) in [4.78, 5) is -0.404. The number of sulfonamides is 1. The molecule has 144 valence electrons. The lowest BCUT2D eigenvalue weighted by atomic mass is 10.1. The van der Waals surface area contributed by atoms with E-state index in [1.54, 1.807) is 19.2 Å². The van der Waals surface area contributed by atoms with Crippen molar-refractivity contribution in [2.24, 2.45) is 0 Å². The summed E-state index contributed by atoms with van der Waals surface area (Å²) in [5, 5.41) is 14.1. The number of phenols is 1. The number of nitrogens with zero attached hydrogens (tertiary/aromatic N) is 1. The van der Waals surface area contributed by atoms with Gasteiger partial charge in [-0.2, -0.15) is 0 Å². The summed E-state index contributed by atoms with van der Waals surface area (Å²) in [6.07, 6.45) is 0. The van der Waals surface area contributed by atoms with Crippen LogP contribution in [0.2, 0.25) is 0 Å². The average molecular weight is 394 g/mol. The van der Waals surface area contributed by atoms with Gasteiger partial charge in [-0.3, -0.25) is 4.72 Å². The molecule has 0 fully saturated rings. The number of phenolic OH excluding ortho intramolecular Hbond substituents is 1. The maximum absolute atomic E-state index is 12.8. The van der Waals surface area contributed by atoms with Gasteiger partial charge in [-0.25, -0.2) is 8.42 Å². The molecule has 9 nitrogen and oxygen atoms in total. The van der Waals surface area contributed by atoms with Crippen LogP contribution in [0.3, 0.4) is 0 Å². The van der Waals surface area contributed by atoms with Crippen molar-refractivity contribution >= 4 is 26.8 Å². The number of hydrogen-bond acceptors (Lipinski definition) is 8. The van der Waals surface area contributed by atoms with Gasteiger partial charge in [-0.05, 0) is 29.8 Å². The van der Waals surface area contributed by atoms with E-state index in [2.05, 4.69) is 9.88 Å². The number of fused-ring (bicyclic) bond motifs is 1. The average Bonchev–Trinajstić information content (AvgIpc) is 3.03. The number of hydrogen-bond donors (Lipinski definition) is 2. The number of methoxy groups -OCH3 is 3. The Morgan fingerprint density at radius 1 is 1.15 bits per heavy atom. The van der Waals surface area contributed by atoms with E-state index in [-0.39, 0.29) is 11.6 Å². The molecule has 27 heavy (non-hydrogen) atoms. The molecule has 0 aliphatic carbocycles. The standard InChI is InChI=1S/C17H18N2O7S/c1-23-9-10-7-13(25-3)15-14(8-10)26-18-17(15)19-27(21,22)16-11(20)5-4-6-12(16)24-2/h4-8,20H,9H2,1-3H3,(H,18,19). The predicted molar refractivity (Wildman–Crippen MR) is 96.7 cm³/mol. The van der Waals surface area contributed by atoms with E-state index in [1.807, 2.05) is 0 Å². The zero-order valence-corrected chi connectivity index (χ0v) is 15.7. The summed E-state index contributed by atoms with van der Waals surface area (Å²) in [6.45, 7) is 0.323. The van der Waals surface area contributed by atoms with Crippen molar-refractivity contribution in [1.82, 2.24) is 5.16 Å². The van der Waals surface area contributed by atoms with Crippen molar-refractivity contribution < 1.29 is 32.3 Å². The van der Waals surface area contributed by atoms with Gasteiger partial charge < -0.3 is 23.8 Å². The number of aromatic nitrogens is 1. The van der Waals surface area contributed by atoms with Crippen molar-refractivity contribution in [3.05, 3.63) is 35.9 Å². The molecule has 3 rings (SSSR count). The van der Waals surface area contributed by atoms with Gasteiger partial charge in [0.2, 0.25) is 0 Å². The van der Waals surface area contributed by atoms with E-state index in [1.165, 1.54) is 32.4 Å². The highest BCUT2D eigenvalue weighted by molar-refractivity contribution is 7.93. The molecule has 0 bridgehead atoms. The molecule has 0 atom stereocenters. The Kier molecular flexibility index (Phi) is 5.10. The molecular formula is C17H18N2O7S. The fourth-order valence-corrected chi connectivity index (χ4v) is 3.94. The fourth-order valence-electron chi connectivity index (χ4n) is 2.68. The van der Waals surface area contributed by atoms with Gasteiger partial charge in [0.1, 0.15) is 22.6 Å². The SMILES string of the molecule is COCc1cc(OC)c2c(NS(=O)(=O)c3c(O)cccc3OC)noc2c1. The van der Waals surface area contributed by atoms with Gasteiger partial charge in [0, 0.05) is 7.11 Å². The van der Waals surface area contributed by atoms with E-state index >= 15 is 0 Å². The monoisotopic (exact) mass is 394 g/mol. The summed E-state index contributed by atoms with van der Waals surface area (Å²) in [7, 11) is 0.0830. The lowest BCUT2D eigenvalue weighted by molar-refractivity contribution is 0.184. The summed E-state index contributed by atoms with van der Waals surface area (Å²) in [5.74, 6) is -0.174. The second-order valence-electron chi connectivity index (χ2n) is 5.55. The highest BCUT2D eigenvalue weighted by atomic mass is 32.2. The Bertz CT molecular complexity index is 1080. The van der Waals surface area contributed by atoms with Gasteiger partial charge >= 0.3 is 0 Å². The Morgan fingerprint density at radius 3 is 2.56 bits per heavy atom. The third-order valence-electron chi connectivity index (χ3n) is 3.81. The van der Waals surface area contributed by atoms with Crippen LogP contribution in [-0.4, -0.2) is 40.0 Å². The highest BCUT2D eigenvalue weighted by Gasteiger charge is 2.27. The molecule has 0 saturated carbocycles. The van der Waals surface area contributed by atoms with Crippen molar-refractivity contribution in [2.75, 3.05) is 26.1 Å². The smallest absolute Gasteiger partial charge is 0.270 e. The summed E-state index contributed by atoms with van der Waals surface area (Å²) < 4.78 is 48.7. The summed E-state index contributed by atoms with van der Waals surface area (Å²) in [6, 6.07) is 7.51. The summed E-state index contributed by atoms with van der Waals surface area (Å²) in [5.41, 5.74) is 1.10. The van der Waals surface area contributed by atoms with E-state index < -0.39 is 20.7 Å². The minimum Gasteiger partial charge on any atom is -0.506 e. The van der Waals surface area contributed by atoms with Gasteiger partial charge in [0.05, 0.1) is 20.8 Å². The van der Waals surface area contributed by atoms with Crippen molar-refractivity contribution in [1.29, 1.82) is 0 Å². The van der Waals surface area contributed by atoms with Gasteiger partial charge in [-0.15, -0.1) is 0 Å². The molecule has 10 heteroatoms. The summed E-state index contributed by atoms with van der Waals surface area (Å²) >= 11 is 0. The minimum atomic E-state index is -4.22. The third kappa shape index (κ3) is 3.49. The van der Waals surface area contributed by atoms with Gasteiger partial charge in [0.15, 0.2) is 16.3 Å². The fraction of sp³-hybridized carbons (Fsp3) is 0.235. The molecule has 1 heterocycles. The van der Waals surface area contributed by atoms with Gasteiger partial charge in [-0.1, -0.05) is 11.2 Å². The third-order valence-corrected chi connectivity index (χ3v) is 5.22.